The van der Waals surface area contributed by atoms with Crippen molar-refractivity contribution in [2.45, 2.75) is 0 Å². The highest BCUT2D eigenvalue weighted by Crippen LogP contribution is 2.30. The topological polar surface area (TPSA) is 55.5 Å². The zero-order valence-corrected chi connectivity index (χ0v) is 7.60. The van der Waals surface area contributed by atoms with E-state index in [0.29, 0.717) is 11.6 Å². The van der Waals surface area contributed by atoms with Crippen LogP contribution in [-0.2, 0) is 0 Å². The van der Waals surface area contributed by atoms with Crippen molar-refractivity contribution in [2.75, 3.05) is 7.11 Å². The SMILES string of the molecule is COc1cc(-c2ncco2)ccc1O. The lowest BCUT2D eigenvalue weighted by Crippen LogP contribution is -1.85. The zero-order valence-electron chi connectivity index (χ0n) is 7.60. The Kier molecular flexibility index (Phi) is 2.10. The smallest absolute Gasteiger partial charge is 0.225 e. The average Bonchev–Trinajstić information content (AvgIpc) is 2.71. The van der Waals surface area contributed by atoms with E-state index in [1.165, 1.54) is 13.4 Å². The van der Waals surface area contributed by atoms with Gasteiger partial charge in [0.25, 0.3) is 0 Å². The third-order valence-electron chi connectivity index (χ3n) is 1.86. The van der Waals surface area contributed by atoms with Crippen LogP contribution in [0.5, 0.6) is 11.5 Å². The van der Waals surface area contributed by atoms with E-state index in [-0.39, 0.29) is 5.75 Å². The van der Waals surface area contributed by atoms with Gasteiger partial charge in [0.05, 0.1) is 13.3 Å². The normalized spacial score (nSPS) is 10.1. The highest BCUT2D eigenvalue weighted by Gasteiger charge is 2.06. The predicted octanol–water partition coefficient (Wildman–Crippen LogP) is 2.06. The first-order valence-electron chi connectivity index (χ1n) is 4.08. The molecule has 0 atom stereocenters. The number of nitrogens with zero attached hydrogens (tertiary/aromatic N) is 1. The number of ether oxygens (including phenoxy) is 1. The van der Waals surface area contributed by atoms with Crippen LogP contribution < -0.4 is 4.74 Å². The molecule has 0 fully saturated rings. The Morgan fingerprint density at radius 1 is 1.43 bits per heavy atom. The van der Waals surface area contributed by atoms with Gasteiger partial charge in [0.1, 0.15) is 6.26 Å². The summed E-state index contributed by atoms with van der Waals surface area (Å²) in [6, 6.07) is 4.92. The largest absolute Gasteiger partial charge is 0.504 e. The summed E-state index contributed by atoms with van der Waals surface area (Å²) in [4.78, 5) is 3.99. The van der Waals surface area contributed by atoms with Gasteiger partial charge in [-0.15, -0.1) is 0 Å². The number of phenolic OH excluding ortho intramolecular Hbond substituents is 1. The van der Waals surface area contributed by atoms with Gasteiger partial charge in [0.2, 0.25) is 5.89 Å². The second-order valence-corrected chi connectivity index (χ2v) is 2.72. The van der Waals surface area contributed by atoms with Gasteiger partial charge < -0.3 is 14.3 Å². The molecule has 0 amide bonds. The second kappa shape index (κ2) is 3.41. The van der Waals surface area contributed by atoms with Crippen LogP contribution in [0.1, 0.15) is 0 Å². The van der Waals surface area contributed by atoms with Gasteiger partial charge in [-0.25, -0.2) is 4.98 Å². The average molecular weight is 191 g/mol. The summed E-state index contributed by atoms with van der Waals surface area (Å²) >= 11 is 0. The van der Waals surface area contributed by atoms with Crippen LogP contribution in [0.2, 0.25) is 0 Å². The number of hydrogen-bond acceptors (Lipinski definition) is 4. The lowest BCUT2D eigenvalue weighted by atomic mass is 10.2. The molecule has 1 N–H and O–H groups in total. The Labute approximate surface area is 80.8 Å². The van der Waals surface area contributed by atoms with E-state index in [1.54, 1.807) is 24.4 Å². The van der Waals surface area contributed by atoms with Crippen molar-refractivity contribution in [1.82, 2.24) is 4.98 Å². The van der Waals surface area contributed by atoms with Crippen LogP contribution in [0.25, 0.3) is 11.5 Å². The van der Waals surface area contributed by atoms with E-state index in [9.17, 15) is 5.11 Å². The Morgan fingerprint density at radius 3 is 2.93 bits per heavy atom. The number of rotatable bonds is 2. The molecular formula is C10H9NO3. The summed E-state index contributed by atoms with van der Waals surface area (Å²) in [5.41, 5.74) is 0.768. The molecule has 0 bridgehead atoms. The summed E-state index contributed by atoms with van der Waals surface area (Å²) < 4.78 is 10.1. The first-order chi connectivity index (χ1) is 6.81. The molecule has 0 saturated carbocycles. The number of aromatic hydroxyl groups is 1. The molecule has 14 heavy (non-hydrogen) atoms. The maximum absolute atomic E-state index is 9.36. The van der Waals surface area contributed by atoms with Crippen molar-refractivity contribution in [3.05, 3.63) is 30.7 Å². The number of oxazole rings is 1. The van der Waals surface area contributed by atoms with E-state index in [4.69, 9.17) is 9.15 Å². The van der Waals surface area contributed by atoms with Crippen molar-refractivity contribution in [3.8, 4) is 23.0 Å². The lowest BCUT2D eigenvalue weighted by molar-refractivity contribution is 0.373. The fraction of sp³-hybridized carbons (Fsp3) is 0.100. The minimum absolute atomic E-state index is 0.0998. The zero-order chi connectivity index (χ0) is 9.97. The Bertz CT molecular complexity index is 423. The first-order valence-corrected chi connectivity index (χ1v) is 4.08. The van der Waals surface area contributed by atoms with Gasteiger partial charge in [-0.05, 0) is 18.2 Å². The van der Waals surface area contributed by atoms with Crippen molar-refractivity contribution in [2.24, 2.45) is 0 Å². The maximum Gasteiger partial charge on any atom is 0.225 e. The first kappa shape index (κ1) is 8.62. The van der Waals surface area contributed by atoms with Gasteiger partial charge in [-0.3, -0.25) is 0 Å². The summed E-state index contributed by atoms with van der Waals surface area (Å²) in [6.45, 7) is 0. The summed E-state index contributed by atoms with van der Waals surface area (Å²) in [5.74, 6) is 1.01. The molecule has 4 nitrogen and oxygen atoms in total. The van der Waals surface area contributed by atoms with Crippen LogP contribution in [0.15, 0.2) is 35.1 Å². The molecule has 0 unspecified atom stereocenters. The molecule has 2 rings (SSSR count). The molecule has 1 heterocycles. The third-order valence-corrected chi connectivity index (χ3v) is 1.86. The van der Waals surface area contributed by atoms with Crippen molar-refractivity contribution in [1.29, 1.82) is 0 Å². The Balaban J connectivity index is 2.46. The molecule has 0 spiro atoms. The molecule has 1 aromatic heterocycles. The van der Waals surface area contributed by atoms with Gasteiger partial charge in [-0.2, -0.15) is 0 Å². The van der Waals surface area contributed by atoms with Crippen molar-refractivity contribution >= 4 is 0 Å². The number of phenols is 1. The fourth-order valence-electron chi connectivity index (χ4n) is 1.18. The van der Waals surface area contributed by atoms with Crippen molar-refractivity contribution in [3.63, 3.8) is 0 Å². The number of aromatic nitrogens is 1. The molecule has 4 heteroatoms. The van der Waals surface area contributed by atoms with Crippen LogP contribution in [0, 0.1) is 0 Å². The van der Waals surface area contributed by atoms with Gasteiger partial charge in [0.15, 0.2) is 11.5 Å². The minimum atomic E-state index is 0.0998. The fourth-order valence-corrected chi connectivity index (χ4v) is 1.18. The quantitative estimate of drug-likeness (QED) is 0.789. The van der Waals surface area contributed by atoms with E-state index in [2.05, 4.69) is 4.98 Å². The van der Waals surface area contributed by atoms with E-state index in [0.717, 1.165) is 5.56 Å². The summed E-state index contributed by atoms with van der Waals surface area (Å²) in [7, 11) is 1.49. The molecular weight excluding hydrogens is 182 g/mol. The van der Waals surface area contributed by atoms with Crippen molar-refractivity contribution < 1.29 is 14.3 Å². The van der Waals surface area contributed by atoms with Crippen LogP contribution in [0.4, 0.5) is 0 Å². The van der Waals surface area contributed by atoms with Gasteiger partial charge in [0, 0.05) is 5.56 Å². The predicted molar refractivity (Wildman–Crippen MR) is 50.2 cm³/mol. The molecule has 0 aliphatic carbocycles. The molecule has 0 saturated heterocycles. The molecule has 1 aromatic carbocycles. The summed E-state index contributed by atoms with van der Waals surface area (Å²) in [5, 5.41) is 9.36. The molecule has 2 aromatic rings. The maximum atomic E-state index is 9.36. The van der Waals surface area contributed by atoms with Gasteiger partial charge >= 0.3 is 0 Å². The second-order valence-electron chi connectivity index (χ2n) is 2.72. The molecule has 0 radical (unpaired) electrons. The lowest BCUT2D eigenvalue weighted by Gasteiger charge is -2.03. The number of methoxy groups -OCH3 is 1. The molecule has 72 valence electrons. The van der Waals surface area contributed by atoms with E-state index in [1.807, 2.05) is 0 Å². The highest BCUT2D eigenvalue weighted by atomic mass is 16.5. The highest BCUT2D eigenvalue weighted by molar-refractivity contribution is 5.59. The number of hydrogen-bond donors (Lipinski definition) is 1. The third kappa shape index (κ3) is 1.42. The van der Waals surface area contributed by atoms with Crippen LogP contribution in [0.3, 0.4) is 0 Å². The van der Waals surface area contributed by atoms with Crippen LogP contribution in [-0.4, -0.2) is 17.2 Å². The molecule has 0 aliphatic rings. The monoisotopic (exact) mass is 191 g/mol. The Morgan fingerprint density at radius 2 is 2.29 bits per heavy atom. The minimum Gasteiger partial charge on any atom is -0.504 e. The van der Waals surface area contributed by atoms with Crippen LogP contribution >= 0.6 is 0 Å². The van der Waals surface area contributed by atoms with E-state index >= 15 is 0 Å². The standard InChI is InChI=1S/C10H9NO3/c1-13-9-6-7(2-3-8(9)12)10-11-4-5-14-10/h2-6,12H,1H3. The molecule has 0 aliphatic heterocycles. The van der Waals surface area contributed by atoms with Gasteiger partial charge in [-0.1, -0.05) is 0 Å². The summed E-state index contributed by atoms with van der Waals surface area (Å²) in [6.07, 6.45) is 3.06. The number of benzene rings is 1. The Hall–Kier alpha value is -1.97. The van der Waals surface area contributed by atoms with E-state index < -0.39 is 0 Å².